The van der Waals surface area contributed by atoms with E-state index in [-0.39, 0.29) is 35.3 Å². The summed E-state index contributed by atoms with van der Waals surface area (Å²) in [5.74, 6) is -2.25. The van der Waals surface area contributed by atoms with E-state index in [4.69, 9.17) is 16.7 Å². The molecule has 2 rings (SSSR count). The normalized spacial score (nSPS) is 21.3. The summed E-state index contributed by atoms with van der Waals surface area (Å²) < 4.78 is 0. The summed E-state index contributed by atoms with van der Waals surface area (Å²) >= 11 is 5.92. The average molecular weight is 313 g/mol. The number of nitrogens with zero attached hydrogens (tertiary/aromatic N) is 2. The van der Waals surface area contributed by atoms with Crippen molar-refractivity contribution in [1.29, 1.82) is 0 Å². The molecule has 1 aromatic rings. The number of likely N-dealkylation sites (tertiary alicyclic amines) is 1. The fourth-order valence-electron chi connectivity index (χ4n) is 2.42. The highest BCUT2D eigenvalue weighted by atomic mass is 35.5. The molecule has 1 N–H and O–H groups in total. The first kappa shape index (κ1) is 15.2. The number of benzene rings is 1. The summed E-state index contributed by atoms with van der Waals surface area (Å²) in [6.45, 7) is 2.12. The molecule has 1 heterocycles. The Hall–Kier alpha value is -2.15. The van der Waals surface area contributed by atoms with Gasteiger partial charge >= 0.3 is 5.97 Å². The van der Waals surface area contributed by atoms with E-state index in [2.05, 4.69) is 0 Å². The van der Waals surface area contributed by atoms with Gasteiger partial charge in [-0.1, -0.05) is 18.5 Å². The van der Waals surface area contributed by atoms with Crippen LogP contribution in [-0.4, -0.2) is 39.9 Å². The molecule has 0 bridgehead atoms. The van der Waals surface area contributed by atoms with Gasteiger partial charge in [0.1, 0.15) is 0 Å². The van der Waals surface area contributed by atoms with Crippen LogP contribution in [0.25, 0.3) is 0 Å². The highest BCUT2D eigenvalue weighted by molar-refractivity contribution is 6.33. The number of non-ortho nitro benzene ring substituents is 1. The second-order valence-corrected chi connectivity index (χ2v) is 5.46. The van der Waals surface area contributed by atoms with Crippen molar-refractivity contribution >= 4 is 29.2 Å². The topological polar surface area (TPSA) is 101 Å². The van der Waals surface area contributed by atoms with Crippen molar-refractivity contribution in [2.24, 2.45) is 11.8 Å². The van der Waals surface area contributed by atoms with Gasteiger partial charge in [-0.2, -0.15) is 0 Å². The second kappa shape index (κ2) is 5.69. The second-order valence-electron chi connectivity index (χ2n) is 5.05. The molecule has 0 spiro atoms. The van der Waals surface area contributed by atoms with E-state index in [0.717, 1.165) is 6.07 Å². The van der Waals surface area contributed by atoms with Crippen molar-refractivity contribution in [2.45, 2.75) is 6.92 Å². The maximum atomic E-state index is 12.4. The third-order valence-corrected chi connectivity index (χ3v) is 3.94. The van der Waals surface area contributed by atoms with Gasteiger partial charge in [-0.05, 0) is 12.0 Å². The lowest BCUT2D eigenvalue weighted by atomic mass is 9.99. The fraction of sp³-hybridized carbons (Fsp3) is 0.385. The maximum Gasteiger partial charge on any atom is 0.308 e. The molecule has 0 radical (unpaired) electrons. The molecule has 1 amide bonds. The Balaban J connectivity index is 2.27. The molecule has 8 heteroatoms. The maximum absolute atomic E-state index is 12.4. The van der Waals surface area contributed by atoms with Crippen LogP contribution in [0, 0.1) is 22.0 Å². The van der Waals surface area contributed by atoms with Crippen LogP contribution in [0.5, 0.6) is 0 Å². The highest BCUT2D eigenvalue weighted by Crippen LogP contribution is 2.28. The van der Waals surface area contributed by atoms with Crippen LogP contribution in [-0.2, 0) is 4.79 Å². The quantitative estimate of drug-likeness (QED) is 0.680. The molecule has 1 fully saturated rings. The zero-order chi connectivity index (χ0) is 15.7. The smallest absolute Gasteiger partial charge is 0.308 e. The SMILES string of the molecule is C[C@@H]1CN(C(=O)c2cc([N+](=O)[O-])ccc2Cl)C[C@H]1C(=O)O. The van der Waals surface area contributed by atoms with Gasteiger partial charge in [0.05, 0.1) is 21.4 Å². The minimum Gasteiger partial charge on any atom is -0.481 e. The molecule has 112 valence electrons. The monoisotopic (exact) mass is 312 g/mol. The Morgan fingerprint density at radius 1 is 1.43 bits per heavy atom. The van der Waals surface area contributed by atoms with Gasteiger partial charge in [0.15, 0.2) is 0 Å². The lowest BCUT2D eigenvalue weighted by molar-refractivity contribution is -0.384. The molecule has 0 unspecified atom stereocenters. The third-order valence-electron chi connectivity index (χ3n) is 3.61. The van der Waals surface area contributed by atoms with Gasteiger partial charge in [0.25, 0.3) is 11.6 Å². The number of nitro benzene ring substituents is 1. The lowest BCUT2D eigenvalue weighted by Crippen LogP contribution is -2.30. The van der Waals surface area contributed by atoms with E-state index in [1.165, 1.54) is 17.0 Å². The fourth-order valence-corrected chi connectivity index (χ4v) is 2.61. The largest absolute Gasteiger partial charge is 0.481 e. The van der Waals surface area contributed by atoms with E-state index in [1.807, 2.05) is 0 Å². The van der Waals surface area contributed by atoms with Crippen LogP contribution in [0.4, 0.5) is 5.69 Å². The van der Waals surface area contributed by atoms with Crippen LogP contribution < -0.4 is 0 Å². The standard InChI is InChI=1S/C13H13ClN2O5/c1-7-5-15(6-10(7)13(18)19)12(17)9-4-8(16(20)21)2-3-11(9)14/h2-4,7,10H,5-6H2,1H3,(H,18,19)/t7-,10-/m1/s1. The zero-order valence-corrected chi connectivity index (χ0v) is 11.9. The summed E-state index contributed by atoms with van der Waals surface area (Å²) in [6, 6.07) is 3.62. The number of carboxylic acids is 1. The predicted octanol–water partition coefficient (Wildman–Crippen LogP) is 2.04. The predicted molar refractivity (Wildman–Crippen MR) is 74.3 cm³/mol. The summed E-state index contributed by atoms with van der Waals surface area (Å²) in [5.41, 5.74) is -0.214. The molecule has 1 aliphatic heterocycles. The Bertz CT molecular complexity index is 619. The first-order valence-corrected chi connectivity index (χ1v) is 6.65. The summed E-state index contributed by atoms with van der Waals surface area (Å²) in [6.07, 6.45) is 0. The Kier molecular flexibility index (Phi) is 4.13. The van der Waals surface area contributed by atoms with Gasteiger partial charge < -0.3 is 10.0 Å². The van der Waals surface area contributed by atoms with Crippen molar-refractivity contribution < 1.29 is 19.6 Å². The minimum atomic E-state index is -0.956. The van der Waals surface area contributed by atoms with E-state index in [1.54, 1.807) is 6.92 Å². The Labute approximate surface area is 125 Å². The number of hydrogen-bond acceptors (Lipinski definition) is 4. The Morgan fingerprint density at radius 2 is 2.10 bits per heavy atom. The molecule has 2 atom stereocenters. The molecular weight excluding hydrogens is 300 g/mol. The number of aliphatic carboxylic acids is 1. The third kappa shape index (κ3) is 2.97. The van der Waals surface area contributed by atoms with Gasteiger partial charge in [0.2, 0.25) is 0 Å². The first-order valence-electron chi connectivity index (χ1n) is 6.27. The van der Waals surface area contributed by atoms with Crippen LogP contribution in [0.1, 0.15) is 17.3 Å². The number of halogens is 1. The number of carbonyl (C=O) groups is 2. The van der Waals surface area contributed by atoms with Crippen LogP contribution >= 0.6 is 11.6 Å². The van der Waals surface area contributed by atoms with Gasteiger partial charge in [-0.25, -0.2) is 0 Å². The van der Waals surface area contributed by atoms with Gasteiger partial charge in [-0.15, -0.1) is 0 Å². The van der Waals surface area contributed by atoms with Crippen molar-refractivity contribution in [1.82, 2.24) is 4.90 Å². The minimum absolute atomic E-state index is 0.0177. The average Bonchev–Trinajstić information content (AvgIpc) is 2.80. The first-order chi connectivity index (χ1) is 9.81. The van der Waals surface area contributed by atoms with Crippen molar-refractivity contribution in [3.63, 3.8) is 0 Å². The number of nitro groups is 1. The molecule has 0 saturated carbocycles. The molecular formula is C13H13ClN2O5. The summed E-state index contributed by atoms with van der Waals surface area (Å²) in [7, 11) is 0. The van der Waals surface area contributed by atoms with Gasteiger partial charge in [0, 0.05) is 25.2 Å². The summed E-state index contributed by atoms with van der Waals surface area (Å²) in [5, 5.41) is 19.9. The number of carboxylic acid groups (broad SMARTS) is 1. The van der Waals surface area contributed by atoms with Crippen molar-refractivity contribution in [3.8, 4) is 0 Å². The van der Waals surface area contributed by atoms with E-state index < -0.39 is 22.7 Å². The highest BCUT2D eigenvalue weighted by Gasteiger charge is 2.37. The van der Waals surface area contributed by atoms with Crippen LogP contribution in [0.15, 0.2) is 18.2 Å². The molecule has 0 aromatic heterocycles. The number of amides is 1. The number of carbonyl (C=O) groups excluding carboxylic acids is 1. The molecule has 1 aromatic carbocycles. The lowest BCUT2D eigenvalue weighted by Gasteiger charge is -2.16. The molecule has 0 aliphatic carbocycles. The van der Waals surface area contributed by atoms with E-state index in [0.29, 0.717) is 0 Å². The molecule has 21 heavy (non-hydrogen) atoms. The van der Waals surface area contributed by atoms with Crippen LogP contribution in [0.3, 0.4) is 0 Å². The van der Waals surface area contributed by atoms with E-state index in [9.17, 15) is 19.7 Å². The van der Waals surface area contributed by atoms with E-state index >= 15 is 0 Å². The number of rotatable bonds is 3. The van der Waals surface area contributed by atoms with Crippen molar-refractivity contribution in [2.75, 3.05) is 13.1 Å². The zero-order valence-electron chi connectivity index (χ0n) is 11.2. The van der Waals surface area contributed by atoms with Crippen molar-refractivity contribution in [3.05, 3.63) is 38.9 Å². The van der Waals surface area contributed by atoms with Crippen LogP contribution in [0.2, 0.25) is 5.02 Å². The summed E-state index contributed by atoms with van der Waals surface area (Å²) in [4.78, 5) is 35.0. The number of hydrogen-bond donors (Lipinski definition) is 1. The van der Waals surface area contributed by atoms with Gasteiger partial charge in [-0.3, -0.25) is 19.7 Å². The Morgan fingerprint density at radius 3 is 2.62 bits per heavy atom. The molecule has 7 nitrogen and oxygen atoms in total. The molecule has 1 aliphatic rings. The molecule has 1 saturated heterocycles.